The van der Waals surface area contributed by atoms with Crippen molar-refractivity contribution in [3.05, 3.63) is 54.1 Å². The van der Waals surface area contributed by atoms with Crippen LogP contribution >= 0.6 is 0 Å². The zero-order valence-electron chi connectivity index (χ0n) is 14.9. The van der Waals surface area contributed by atoms with Gasteiger partial charge in [-0.05, 0) is 55.7 Å². The van der Waals surface area contributed by atoms with Crippen molar-refractivity contribution in [3.63, 3.8) is 0 Å². The highest BCUT2D eigenvalue weighted by molar-refractivity contribution is 7.92. The molecule has 0 fully saturated rings. The maximum absolute atomic E-state index is 12.9. The minimum atomic E-state index is -3.30. The summed E-state index contributed by atoms with van der Waals surface area (Å²) in [6, 6.07) is 14.5. The Kier molecular flexibility index (Phi) is 5.18. The van der Waals surface area contributed by atoms with Crippen molar-refractivity contribution in [3.8, 4) is 0 Å². The zero-order chi connectivity index (χ0) is 18.7. The highest BCUT2D eigenvalue weighted by atomic mass is 32.2. The topological polar surface area (TPSA) is 78.5 Å². The Morgan fingerprint density at radius 3 is 2.42 bits per heavy atom. The van der Waals surface area contributed by atoms with Crippen LogP contribution in [-0.2, 0) is 21.2 Å². The van der Waals surface area contributed by atoms with Crippen LogP contribution < -0.4 is 14.9 Å². The monoisotopic (exact) mass is 373 g/mol. The van der Waals surface area contributed by atoms with Crippen LogP contribution in [0.25, 0.3) is 0 Å². The van der Waals surface area contributed by atoms with Crippen molar-refractivity contribution in [2.75, 3.05) is 27.7 Å². The molecular formula is C19H23N3O3S. The number of anilines is 3. The molecule has 2 aromatic rings. The van der Waals surface area contributed by atoms with Gasteiger partial charge >= 0.3 is 0 Å². The maximum Gasteiger partial charge on any atom is 0.249 e. The molecule has 2 N–H and O–H groups in total. The van der Waals surface area contributed by atoms with E-state index in [0.717, 1.165) is 37.0 Å². The number of rotatable bonds is 5. The second kappa shape index (κ2) is 7.37. The van der Waals surface area contributed by atoms with E-state index in [1.807, 2.05) is 30.0 Å². The highest BCUT2D eigenvalue weighted by Crippen LogP contribution is 2.27. The van der Waals surface area contributed by atoms with Gasteiger partial charge in [0.05, 0.1) is 6.26 Å². The van der Waals surface area contributed by atoms with Gasteiger partial charge in [-0.1, -0.05) is 18.2 Å². The molecule has 6 nitrogen and oxygen atoms in total. The molecule has 0 bridgehead atoms. The van der Waals surface area contributed by atoms with E-state index in [4.69, 9.17) is 0 Å². The number of carbonyl (C=O) groups is 1. The third-order valence-electron chi connectivity index (χ3n) is 4.32. The zero-order valence-corrected chi connectivity index (χ0v) is 15.7. The van der Waals surface area contributed by atoms with E-state index in [1.165, 1.54) is 5.56 Å². The number of hydrogen-bond donors (Lipinski definition) is 2. The fraction of sp³-hybridized carbons (Fsp3) is 0.316. The van der Waals surface area contributed by atoms with E-state index in [9.17, 15) is 13.2 Å². The van der Waals surface area contributed by atoms with Gasteiger partial charge in [-0.15, -0.1) is 0 Å². The number of para-hydroxylation sites is 1. The van der Waals surface area contributed by atoms with Gasteiger partial charge in [0.2, 0.25) is 15.9 Å². The number of nitrogens with zero attached hydrogens (tertiary/aromatic N) is 1. The van der Waals surface area contributed by atoms with E-state index in [0.29, 0.717) is 5.69 Å². The molecule has 26 heavy (non-hydrogen) atoms. The van der Waals surface area contributed by atoms with E-state index < -0.39 is 16.1 Å². The Morgan fingerprint density at radius 1 is 1.08 bits per heavy atom. The molecule has 3 rings (SSSR count). The van der Waals surface area contributed by atoms with Gasteiger partial charge in [-0.25, -0.2) is 8.42 Å². The van der Waals surface area contributed by atoms with Crippen molar-refractivity contribution < 1.29 is 13.2 Å². The summed E-state index contributed by atoms with van der Waals surface area (Å²) < 4.78 is 24.9. The fourth-order valence-electron chi connectivity index (χ4n) is 3.16. The summed E-state index contributed by atoms with van der Waals surface area (Å²) >= 11 is 0. The van der Waals surface area contributed by atoms with Crippen LogP contribution in [0.4, 0.5) is 17.1 Å². The lowest BCUT2D eigenvalue weighted by molar-refractivity contribution is -0.119. The summed E-state index contributed by atoms with van der Waals surface area (Å²) in [6.45, 7) is 2.56. The van der Waals surface area contributed by atoms with Gasteiger partial charge in [0.25, 0.3) is 0 Å². The van der Waals surface area contributed by atoms with Crippen LogP contribution in [0.1, 0.15) is 18.9 Å². The van der Waals surface area contributed by atoms with Crippen molar-refractivity contribution in [2.45, 2.75) is 25.8 Å². The predicted octanol–water partition coefficient (Wildman–Crippen LogP) is 2.84. The van der Waals surface area contributed by atoms with Gasteiger partial charge in [0, 0.05) is 23.6 Å². The third-order valence-corrected chi connectivity index (χ3v) is 4.92. The number of sulfonamides is 1. The van der Waals surface area contributed by atoms with Crippen LogP contribution in [0.2, 0.25) is 0 Å². The minimum Gasteiger partial charge on any atom is -0.374 e. The van der Waals surface area contributed by atoms with Crippen molar-refractivity contribution >= 4 is 33.0 Å². The number of amides is 1. The number of carbonyl (C=O) groups excluding carboxylic acids is 1. The first-order valence-corrected chi connectivity index (χ1v) is 10.5. The van der Waals surface area contributed by atoms with Crippen molar-refractivity contribution in [2.24, 2.45) is 0 Å². The molecule has 1 atom stereocenters. The Hall–Kier alpha value is -2.54. The lowest BCUT2D eigenvalue weighted by atomic mass is 10.0. The smallest absolute Gasteiger partial charge is 0.249 e. The number of benzene rings is 2. The Morgan fingerprint density at radius 2 is 1.73 bits per heavy atom. The summed E-state index contributed by atoms with van der Waals surface area (Å²) in [5.74, 6) is 0.0236. The minimum absolute atomic E-state index is 0.0236. The molecule has 1 aliphatic rings. The molecule has 1 heterocycles. The van der Waals surface area contributed by atoms with Crippen LogP contribution in [0.5, 0.6) is 0 Å². The number of hydrogen-bond acceptors (Lipinski definition) is 4. The molecule has 1 aliphatic heterocycles. The number of nitrogens with one attached hydrogen (secondary N) is 2. The molecule has 0 spiro atoms. The number of fused-ring (bicyclic) bond motifs is 1. The van der Waals surface area contributed by atoms with Crippen molar-refractivity contribution in [1.29, 1.82) is 0 Å². The fourth-order valence-corrected chi connectivity index (χ4v) is 3.72. The van der Waals surface area contributed by atoms with E-state index in [2.05, 4.69) is 16.1 Å². The van der Waals surface area contributed by atoms with E-state index >= 15 is 0 Å². The average Bonchev–Trinajstić information content (AvgIpc) is 2.61. The van der Waals surface area contributed by atoms with Crippen LogP contribution in [-0.4, -0.2) is 33.2 Å². The number of aryl methyl sites for hydroxylation is 1. The SMILES string of the molecule is C[C@H](Nc1ccc(NS(C)(=O)=O)cc1)C(=O)N1CCCc2ccccc21. The molecule has 1 amide bonds. The van der Waals surface area contributed by atoms with Gasteiger partial charge in [-0.2, -0.15) is 0 Å². The second-order valence-electron chi connectivity index (χ2n) is 6.54. The Labute approximate surface area is 154 Å². The molecule has 0 aliphatic carbocycles. The summed E-state index contributed by atoms with van der Waals surface area (Å²) in [5, 5.41) is 3.19. The molecule has 0 saturated heterocycles. The first kappa shape index (κ1) is 18.3. The summed E-state index contributed by atoms with van der Waals surface area (Å²) in [4.78, 5) is 14.7. The lowest BCUT2D eigenvalue weighted by Crippen LogP contribution is -2.44. The second-order valence-corrected chi connectivity index (χ2v) is 8.29. The first-order valence-electron chi connectivity index (χ1n) is 8.57. The van der Waals surface area contributed by atoms with Crippen molar-refractivity contribution in [1.82, 2.24) is 0 Å². The van der Waals surface area contributed by atoms with E-state index in [-0.39, 0.29) is 5.91 Å². The van der Waals surface area contributed by atoms with Crippen LogP contribution in [0.15, 0.2) is 48.5 Å². The largest absolute Gasteiger partial charge is 0.374 e. The van der Waals surface area contributed by atoms with Crippen LogP contribution in [0.3, 0.4) is 0 Å². The highest BCUT2D eigenvalue weighted by Gasteiger charge is 2.25. The molecule has 7 heteroatoms. The predicted molar refractivity (Wildman–Crippen MR) is 105 cm³/mol. The summed E-state index contributed by atoms with van der Waals surface area (Å²) in [7, 11) is -3.30. The Balaban J connectivity index is 1.68. The molecule has 0 radical (unpaired) electrons. The summed E-state index contributed by atoms with van der Waals surface area (Å²) in [5.41, 5.74) is 3.44. The van der Waals surface area contributed by atoms with Gasteiger partial charge in [-0.3, -0.25) is 9.52 Å². The first-order chi connectivity index (χ1) is 12.3. The Bertz CT molecular complexity index is 895. The maximum atomic E-state index is 12.9. The van der Waals surface area contributed by atoms with Gasteiger partial charge < -0.3 is 10.2 Å². The van der Waals surface area contributed by atoms with E-state index in [1.54, 1.807) is 24.3 Å². The quantitative estimate of drug-likeness (QED) is 0.845. The standard InChI is InChI=1S/C19H23N3O3S/c1-14(20-16-9-11-17(12-10-16)21-26(2,24)25)19(23)22-13-5-7-15-6-3-4-8-18(15)22/h3-4,6,8-12,14,20-21H,5,7,13H2,1-2H3/t14-/m0/s1. The third kappa shape index (κ3) is 4.35. The molecule has 0 aromatic heterocycles. The molecule has 0 unspecified atom stereocenters. The van der Waals surface area contributed by atoms with Gasteiger partial charge in [0.1, 0.15) is 6.04 Å². The molecule has 138 valence electrons. The van der Waals surface area contributed by atoms with Gasteiger partial charge in [0.15, 0.2) is 0 Å². The normalized spacial score (nSPS) is 15.1. The summed E-state index contributed by atoms with van der Waals surface area (Å²) in [6.07, 6.45) is 3.06. The lowest BCUT2D eigenvalue weighted by Gasteiger charge is -2.32. The molecular weight excluding hydrogens is 350 g/mol. The van der Waals surface area contributed by atoms with Crippen LogP contribution in [0, 0.1) is 0 Å². The average molecular weight is 373 g/mol. The molecule has 2 aromatic carbocycles. The molecule has 0 saturated carbocycles.